The second-order valence-corrected chi connectivity index (χ2v) is 5.11. The van der Waals surface area contributed by atoms with Crippen LogP contribution in [-0.4, -0.2) is 11.2 Å². The Morgan fingerprint density at radius 1 is 1.22 bits per heavy atom. The zero-order valence-electron chi connectivity index (χ0n) is 10.4. The maximum Gasteiger partial charge on any atom is 0.103 e. The van der Waals surface area contributed by atoms with Crippen LogP contribution >= 0.6 is 0 Å². The van der Waals surface area contributed by atoms with Gasteiger partial charge in [0.1, 0.15) is 5.76 Å². The molecule has 1 aliphatic rings. The first-order chi connectivity index (χ1) is 8.83. The fourth-order valence-corrected chi connectivity index (χ4v) is 2.78. The Hall–Kier alpha value is -1.54. The summed E-state index contributed by atoms with van der Waals surface area (Å²) in [5.41, 5.74) is 2.87. The molecule has 1 N–H and O–H groups in total. The number of benzene rings is 1. The van der Waals surface area contributed by atoms with Crippen LogP contribution in [0.5, 0.6) is 0 Å². The van der Waals surface area contributed by atoms with E-state index in [1.807, 2.05) is 12.1 Å². The van der Waals surface area contributed by atoms with Crippen molar-refractivity contribution < 1.29 is 9.52 Å². The molecule has 0 aliphatic heterocycles. The Kier molecular flexibility index (Phi) is 3.20. The number of rotatable bonds is 5. The van der Waals surface area contributed by atoms with Gasteiger partial charge in [0, 0.05) is 6.42 Å². The molecule has 0 saturated heterocycles. The van der Waals surface area contributed by atoms with Crippen molar-refractivity contribution in [3.8, 4) is 0 Å². The lowest BCUT2D eigenvalue weighted by atomic mass is 9.74. The maximum atomic E-state index is 10.1. The molecule has 1 aromatic heterocycles. The van der Waals surface area contributed by atoms with Gasteiger partial charge < -0.3 is 9.52 Å². The van der Waals surface area contributed by atoms with Crippen molar-refractivity contribution in [2.45, 2.75) is 37.7 Å². The highest BCUT2D eigenvalue weighted by Gasteiger charge is 2.27. The molecule has 1 aliphatic carbocycles. The van der Waals surface area contributed by atoms with E-state index >= 15 is 0 Å². The van der Waals surface area contributed by atoms with Crippen molar-refractivity contribution in [3.63, 3.8) is 0 Å². The number of aliphatic hydroxyl groups is 1. The van der Waals surface area contributed by atoms with E-state index in [0.29, 0.717) is 5.92 Å². The normalized spacial score (nSPS) is 19.1. The Balaban J connectivity index is 1.49. The van der Waals surface area contributed by atoms with Gasteiger partial charge in [-0.3, -0.25) is 0 Å². The summed E-state index contributed by atoms with van der Waals surface area (Å²) in [5, 5.41) is 10.1. The number of hydrogen-bond donors (Lipinski definition) is 1. The van der Waals surface area contributed by atoms with Crippen LogP contribution in [-0.2, 0) is 12.8 Å². The molecule has 1 aromatic carbocycles. The number of hydrogen-bond acceptors (Lipinski definition) is 2. The minimum Gasteiger partial charge on any atom is -0.469 e. The second kappa shape index (κ2) is 4.99. The number of furan rings is 1. The standard InChI is InChI=1S/C16H18O2/c17-14(7-8-15-5-3-9-18-15)11-13-10-12-4-1-2-6-16(12)13/h1-6,9,13-14,17H,7-8,10-11H2. The van der Waals surface area contributed by atoms with E-state index in [9.17, 15) is 5.11 Å². The summed E-state index contributed by atoms with van der Waals surface area (Å²) >= 11 is 0. The molecule has 0 fully saturated rings. The molecule has 0 spiro atoms. The first-order valence-electron chi connectivity index (χ1n) is 6.61. The van der Waals surface area contributed by atoms with E-state index in [0.717, 1.165) is 31.4 Å². The van der Waals surface area contributed by atoms with Crippen LogP contribution in [0.1, 0.15) is 35.6 Å². The monoisotopic (exact) mass is 242 g/mol. The molecule has 94 valence electrons. The second-order valence-electron chi connectivity index (χ2n) is 5.11. The largest absolute Gasteiger partial charge is 0.469 e. The quantitative estimate of drug-likeness (QED) is 0.872. The van der Waals surface area contributed by atoms with Gasteiger partial charge in [-0.2, -0.15) is 0 Å². The third kappa shape index (κ3) is 2.34. The molecule has 0 saturated carbocycles. The molecule has 3 rings (SSSR count). The average Bonchev–Trinajstić information content (AvgIpc) is 2.87. The summed E-state index contributed by atoms with van der Waals surface area (Å²) in [7, 11) is 0. The van der Waals surface area contributed by atoms with E-state index in [2.05, 4.69) is 24.3 Å². The van der Waals surface area contributed by atoms with E-state index < -0.39 is 0 Å². The molecule has 0 radical (unpaired) electrons. The van der Waals surface area contributed by atoms with Gasteiger partial charge in [-0.15, -0.1) is 0 Å². The van der Waals surface area contributed by atoms with E-state index in [4.69, 9.17) is 4.42 Å². The molecule has 2 nitrogen and oxygen atoms in total. The van der Waals surface area contributed by atoms with Crippen molar-refractivity contribution in [3.05, 3.63) is 59.5 Å². The number of fused-ring (bicyclic) bond motifs is 1. The maximum absolute atomic E-state index is 10.1. The van der Waals surface area contributed by atoms with E-state index in [1.165, 1.54) is 11.1 Å². The van der Waals surface area contributed by atoms with Crippen LogP contribution in [0.4, 0.5) is 0 Å². The van der Waals surface area contributed by atoms with Crippen molar-refractivity contribution in [2.24, 2.45) is 0 Å². The van der Waals surface area contributed by atoms with Gasteiger partial charge in [0.2, 0.25) is 0 Å². The van der Waals surface area contributed by atoms with Gasteiger partial charge in [0.25, 0.3) is 0 Å². The summed E-state index contributed by atoms with van der Waals surface area (Å²) < 4.78 is 5.27. The lowest BCUT2D eigenvalue weighted by Crippen LogP contribution is -2.22. The van der Waals surface area contributed by atoms with Gasteiger partial charge in [0.05, 0.1) is 12.4 Å². The highest BCUT2D eigenvalue weighted by atomic mass is 16.3. The van der Waals surface area contributed by atoms with E-state index in [1.54, 1.807) is 6.26 Å². The predicted molar refractivity (Wildman–Crippen MR) is 70.5 cm³/mol. The Bertz CT molecular complexity index is 502. The average molecular weight is 242 g/mol. The Labute approximate surface area is 107 Å². The van der Waals surface area contributed by atoms with Crippen LogP contribution in [0.15, 0.2) is 47.1 Å². The van der Waals surface area contributed by atoms with Gasteiger partial charge in [-0.25, -0.2) is 0 Å². The van der Waals surface area contributed by atoms with Crippen molar-refractivity contribution in [1.29, 1.82) is 0 Å². The lowest BCUT2D eigenvalue weighted by molar-refractivity contribution is 0.140. The van der Waals surface area contributed by atoms with Crippen LogP contribution in [0, 0.1) is 0 Å². The summed E-state index contributed by atoms with van der Waals surface area (Å²) in [5.74, 6) is 1.51. The topological polar surface area (TPSA) is 33.4 Å². The molecular weight excluding hydrogens is 224 g/mol. The first-order valence-corrected chi connectivity index (χ1v) is 6.61. The zero-order chi connectivity index (χ0) is 12.4. The van der Waals surface area contributed by atoms with Crippen molar-refractivity contribution >= 4 is 0 Å². The lowest BCUT2D eigenvalue weighted by Gasteiger charge is -2.31. The fraction of sp³-hybridized carbons (Fsp3) is 0.375. The Morgan fingerprint density at radius 3 is 2.89 bits per heavy atom. The van der Waals surface area contributed by atoms with Crippen LogP contribution in [0.25, 0.3) is 0 Å². The molecule has 1 heterocycles. The summed E-state index contributed by atoms with van der Waals surface area (Å²) in [6.07, 6.45) is 5.05. The van der Waals surface area contributed by atoms with Gasteiger partial charge >= 0.3 is 0 Å². The van der Waals surface area contributed by atoms with Crippen LogP contribution in [0.3, 0.4) is 0 Å². The molecule has 2 atom stereocenters. The van der Waals surface area contributed by atoms with Crippen molar-refractivity contribution in [2.75, 3.05) is 0 Å². The molecule has 0 bridgehead atoms. The smallest absolute Gasteiger partial charge is 0.103 e. The van der Waals surface area contributed by atoms with E-state index in [-0.39, 0.29) is 6.10 Å². The molecule has 2 aromatic rings. The summed E-state index contributed by atoms with van der Waals surface area (Å²) in [4.78, 5) is 0. The SMILES string of the molecule is OC(CCc1ccco1)CC1Cc2ccccc21. The highest BCUT2D eigenvalue weighted by molar-refractivity contribution is 5.39. The van der Waals surface area contributed by atoms with Crippen LogP contribution in [0.2, 0.25) is 0 Å². The fourth-order valence-electron chi connectivity index (χ4n) is 2.78. The molecule has 0 amide bonds. The number of aliphatic hydroxyl groups excluding tert-OH is 1. The molecule has 18 heavy (non-hydrogen) atoms. The summed E-state index contributed by atoms with van der Waals surface area (Å²) in [6, 6.07) is 12.4. The van der Waals surface area contributed by atoms with Crippen LogP contribution < -0.4 is 0 Å². The molecule has 2 unspecified atom stereocenters. The predicted octanol–water partition coefficient (Wildman–Crippen LogP) is 3.30. The first kappa shape index (κ1) is 11.5. The van der Waals surface area contributed by atoms with Gasteiger partial charge in [0.15, 0.2) is 0 Å². The minimum absolute atomic E-state index is 0.228. The number of aryl methyl sites for hydroxylation is 1. The zero-order valence-corrected chi connectivity index (χ0v) is 10.4. The molecular formula is C16H18O2. The third-order valence-electron chi connectivity index (χ3n) is 3.82. The Morgan fingerprint density at radius 2 is 2.11 bits per heavy atom. The summed E-state index contributed by atoms with van der Waals surface area (Å²) in [6.45, 7) is 0. The third-order valence-corrected chi connectivity index (χ3v) is 3.82. The highest BCUT2D eigenvalue weighted by Crippen LogP contribution is 2.38. The molecule has 2 heteroatoms. The van der Waals surface area contributed by atoms with Gasteiger partial charge in [-0.1, -0.05) is 24.3 Å². The van der Waals surface area contributed by atoms with Gasteiger partial charge in [-0.05, 0) is 48.4 Å². The van der Waals surface area contributed by atoms with Crippen molar-refractivity contribution in [1.82, 2.24) is 0 Å². The minimum atomic E-state index is -0.228.